The van der Waals surface area contributed by atoms with Crippen molar-refractivity contribution in [3.63, 3.8) is 0 Å². The molecule has 0 bridgehead atoms. The molecule has 2 rings (SSSR count). The average Bonchev–Trinajstić information content (AvgIpc) is 2.36. The van der Waals surface area contributed by atoms with Crippen LogP contribution < -0.4 is 0 Å². The van der Waals surface area contributed by atoms with E-state index in [0.29, 0.717) is 5.78 Å². The van der Waals surface area contributed by atoms with Crippen LogP contribution in [0.4, 0.5) is 0 Å². The van der Waals surface area contributed by atoms with Crippen LogP contribution in [0.2, 0.25) is 5.02 Å². The van der Waals surface area contributed by atoms with Gasteiger partial charge in [0.25, 0.3) is 0 Å². The molecule has 0 heterocycles. The Kier molecular flexibility index (Phi) is 6.74. The molecular formula is C16H21Cl2NO. The Morgan fingerprint density at radius 3 is 2.55 bits per heavy atom. The van der Waals surface area contributed by atoms with E-state index in [-0.39, 0.29) is 18.3 Å². The molecule has 1 saturated carbocycles. The fraction of sp³-hybridized carbons (Fsp3) is 0.438. The number of Topliss-reactive ketones (excluding diaryl/α,β-unsaturated/α-hetero) is 1. The molecule has 0 aromatic heterocycles. The molecule has 4 heteroatoms. The normalized spacial score (nSPS) is 21.1. The zero-order chi connectivity index (χ0) is 13.8. The van der Waals surface area contributed by atoms with Gasteiger partial charge in [-0.15, -0.1) is 12.4 Å². The summed E-state index contributed by atoms with van der Waals surface area (Å²) in [5.74, 6) is 0.470. The number of halogens is 2. The van der Waals surface area contributed by atoms with E-state index >= 15 is 0 Å². The van der Waals surface area contributed by atoms with Crippen molar-refractivity contribution in [1.29, 1.82) is 0 Å². The van der Waals surface area contributed by atoms with Crippen LogP contribution in [0, 0.1) is 5.92 Å². The summed E-state index contributed by atoms with van der Waals surface area (Å²) in [4.78, 5) is 14.5. The molecule has 0 spiro atoms. The largest absolute Gasteiger partial charge is 0.309 e. The average molecular weight is 314 g/mol. The van der Waals surface area contributed by atoms with Gasteiger partial charge >= 0.3 is 0 Å². The number of hydrogen-bond donors (Lipinski definition) is 0. The van der Waals surface area contributed by atoms with Crippen molar-refractivity contribution < 1.29 is 4.79 Å². The first-order valence-corrected chi connectivity index (χ1v) is 7.09. The summed E-state index contributed by atoms with van der Waals surface area (Å²) in [6, 6.07) is 7.63. The van der Waals surface area contributed by atoms with Gasteiger partial charge in [0, 0.05) is 17.5 Å². The van der Waals surface area contributed by atoms with E-state index in [4.69, 9.17) is 11.6 Å². The van der Waals surface area contributed by atoms with Crippen LogP contribution in [-0.2, 0) is 4.79 Å². The second-order valence-corrected chi connectivity index (χ2v) is 5.87. The summed E-state index contributed by atoms with van der Waals surface area (Å²) in [5, 5.41) is 0.725. The van der Waals surface area contributed by atoms with Gasteiger partial charge in [0.15, 0.2) is 5.78 Å². The minimum absolute atomic E-state index is 0. The molecule has 0 radical (unpaired) electrons. The highest BCUT2D eigenvalue weighted by atomic mass is 35.5. The van der Waals surface area contributed by atoms with Crippen molar-refractivity contribution in [2.75, 3.05) is 20.6 Å². The number of nitrogens with zero attached hydrogens (tertiary/aromatic N) is 1. The molecule has 1 unspecified atom stereocenters. The highest BCUT2D eigenvalue weighted by Crippen LogP contribution is 2.27. The molecule has 1 aliphatic rings. The van der Waals surface area contributed by atoms with Crippen LogP contribution in [0.25, 0.3) is 6.08 Å². The number of hydrogen-bond acceptors (Lipinski definition) is 2. The number of carbonyl (C=O) groups excluding carboxylic acids is 1. The van der Waals surface area contributed by atoms with E-state index < -0.39 is 0 Å². The first-order chi connectivity index (χ1) is 9.06. The van der Waals surface area contributed by atoms with E-state index in [2.05, 4.69) is 4.90 Å². The molecule has 0 aliphatic heterocycles. The van der Waals surface area contributed by atoms with Gasteiger partial charge in [-0.3, -0.25) is 4.79 Å². The molecule has 1 atom stereocenters. The highest BCUT2D eigenvalue weighted by molar-refractivity contribution is 6.30. The third-order valence-corrected chi connectivity index (χ3v) is 3.73. The molecule has 0 saturated heterocycles. The Labute approximate surface area is 132 Å². The minimum atomic E-state index is 0. The van der Waals surface area contributed by atoms with Crippen molar-refractivity contribution in [2.45, 2.75) is 19.3 Å². The van der Waals surface area contributed by atoms with Gasteiger partial charge in [-0.2, -0.15) is 0 Å². The Hall–Kier alpha value is -0.830. The van der Waals surface area contributed by atoms with Crippen molar-refractivity contribution in [2.24, 2.45) is 5.92 Å². The van der Waals surface area contributed by atoms with Crippen LogP contribution in [-0.4, -0.2) is 31.3 Å². The third kappa shape index (κ3) is 4.62. The molecule has 1 fully saturated rings. The summed E-state index contributed by atoms with van der Waals surface area (Å²) in [6.07, 6.45) is 5.02. The molecule has 20 heavy (non-hydrogen) atoms. The summed E-state index contributed by atoms with van der Waals surface area (Å²) >= 11 is 5.87. The lowest BCUT2D eigenvalue weighted by molar-refractivity contribution is -0.120. The predicted octanol–water partition coefficient (Wildman–Crippen LogP) is 4.08. The summed E-state index contributed by atoms with van der Waals surface area (Å²) in [7, 11) is 4.04. The van der Waals surface area contributed by atoms with Gasteiger partial charge < -0.3 is 4.90 Å². The lowest BCUT2D eigenvalue weighted by Gasteiger charge is -2.25. The number of ketones is 1. The maximum atomic E-state index is 12.4. The van der Waals surface area contributed by atoms with Gasteiger partial charge in [-0.05, 0) is 62.7 Å². The first kappa shape index (κ1) is 17.2. The van der Waals surface area contributed by atoms with Crippen molar-refractivity contribution >= 4 is 35.9 Å². The SMILES string of the molecule is CN(C)CC1CCC/C(=C\c2ccc(Cl)cc2)C1=O.Cl. The second-order valence-electron chi connectivity index (χ2n) is 5.44. The molecule has 1 aromatic carbocycles. The van der Waals surface area contributed by atoms with Crippen LogP contribution in [0.3, 0.4) is 0 Å². The topological polar surface area (TPSA) is 20.3 Å². The fourth-order valence-electron chi connectivity index (χ4n) is 2.57. The monoisotopic (exact) mass is 313 g/mol. The minimum Gasteiger partial charge on any atom is -0.309 e. The summed E-state index contributed by atoms with van der Waals surface area (Å²) in [6.45, 7) is 0.844. The van der Waals surface area contributed by atoms with Gasteiger partial charge in [0.1, 0.15) is 0 Å². The van der Waals surface area contributed by atoms with Crippen LogP contribution in [0.1, 0.15) is 24.8 Å². The first-order valence-electron chi connectivity index (χ1n) is 6.71. The number of rotatable bonds is 3. The smallest absolute Gasteiger partial charge is 0.163 e. The van der Waals surface area contributed by atoms with Crippen LogP contribution >= 0.6 is 24.0 Å². The van der Waals surface area contributed by atoms with E-state index in [1.807, 2.05) is 44.4 Å². The van der Waals surface area contributed by atoms with Crippen LogP contribution in [0.5, 0.6) is 0 Å². The zero-order valence-electron chi connectivity index (χ0n) is 11.9. The van der Waals surface area contributed by atoms with Gasteiger partial charge in [-0.1, -0.05) is 23.7 Å². The van der Waals surface area contributed by atoms with Crippen molar-refractivity contribution in [3.05, 3.63) is 40.4 Å². The maximum absolute atomic E-state index is 12.4. The third-order valence-electron chi connectivity index (χ3n) is 3.48. The molecule has 2 nitrogen and oxygen atoms in total. The maximum Gasteiger partial charge on any atom is 0.163 e. The van der Waals surface area contributed by atoms with Crippen molar-refractivity contribution in [1.82, 2.24) is 4.90 Å². The lowest BCUT2D eigenvalue weighted by atomic mass is 9.83. The summed E-state index contributed by atoms with van der Waals surface area (Å²) < 4.78 is 0. The Bertz CT molecular complexity index is 480. The van der Waals surface area contributed by atoms with Crippen molar-refractivity contribution in [3.8, 4) is 0 Å². The standard InChI is InChI=1S/C16H20ClNO.ClH/c1-18(2)11-14-5-3-4-13(16(14)19)10-12-6-8-15(17)9-7-12;/h6-10,14H,3-5,11H2,1-2H3;1H/b13-10+;. The zero-order valence-corrected chi connectivity index (χ0v) is 13.5. The van der Waals surface area contributed by atoms with Gasteiger partial charge in [-0.25, -0.2) is 0 Å². The lowest BCUT2D eigenvalue weighted by Crippen LogP contribution is -2.31. The second kappa shape index (κ2) is 7.82. The molecule has 1 aromatic rings. The Morgan fingerprint density at radius 1 is 1.30 bits per heavy atom. The molecule has 1 aliphatic carbocycles. The van der Waals surface area contributed by atoms with Crippen LogP contribution in [0.15, 0.2) is 29.8 Å². The number of allylic oxidation sites excluding steroid dienone is 1. The molecule has 0 amide bonds. The van der Waals surface area contributed by atoms with E-state index in [1.54, 1.807) is 0 Å². The van der Waals surface area contributed by atoms with E-state index in [9.17, 15) is 4.79 Å². The fourth-order valence-corrected chi connectivity index (χ4v) is 2.70. The van der Waals surface area contributed by atoms with Gasteiger partial charge in [0.2, 0.25) is 0 Å². The number of carbonyl (C=O) groups is 1. The molecule has 110 valence electrons. The highest BCUT2D eigenvalue weighted by Gasteiger charge is 2.26. The molecule has 0 N–H and O–H groups in total. The predicted molar refractivity (Wildman–Crippen MR) is 87.6 cm³/mol. The Morgan fingerprint density at radius 2 is 1.95 bits per heavy atom. The van der Waals surface area contributed by atoms with E-state index in [0.717, 1.165) is 42.0 Å². The molecular weight excluding hydrogens is 293 g/mol. The number of benzene rings is 1. The quantitative estimate of drug-likeness (QED) is 0.784. The summed E-state index contributed by atoms with van der Waals surface area (Å²) in [5.41, 5.74) is 2.01. The van der Waals surface area contributed by atoms with Gasteiger partial charge in [0.05, 0.1) is 0 Å². The Balaban J connectivity index is 0.00000200. The van der Waals surface area contributed by atoms with E-state index in [1.165, 1.54) is 0 Å².